The van der Waals surface area contributed by atoms with Crippen molar-refractivity contribution < 1.29 is 17.9 Å². The lowest BCUT2D eigenvalue weighted by molar-refractivity contribution is -0.141. The van der Waals surface area contributed by atoms with Gasteiger partial charge in [-0.15, -0.1) is 0 Å². The van der Waals surface area contributed by atoms with Gasteiger partial charge >= 0.3 is 12.2 Å². The van der Waals surface area contributed by atoms with Gasteiger partial charge in [-0.1, -0.05) is 23.9 Å². The van der Waals surface area contributed by atoms with E-state index in [9.17, 15) is 23.2 Å². The molecular formula is C17H10F3N5O2S. The van der Waals surface area contributed by atoms with Crippen LogP contribution in [0.3, 0.4) is 0 Å². The molecule has 0 amide bonds. The quantitative estimate of drug-likeness (QED) is 0.522. The van der Waals surface area contributed by atoms with Gasteiger partial charge in [0.15, 0.2) is 10.9 Å². The van der Waals surface area contributed by atoms with Gasteiger partial charge in [-0.25, -0.2) is 9.97 Å². The second kappa shape index (κ2) is 7.69. The minimum Gasteiger partial charge on any atom is -0.424 e. The molecule has 0 unspecified atom stereocenters. The Kier molecular flexibility index (Phi) is 5.32. The summed E-state index contributed by atoms with van der Waals surface area (Å²) < 4.78 is 44.0. The lowest BCUT2D eigenvalue weighted by atomic mass is 10.1. The Morgan fingerprint density at radius 2 is 1.96 bits per heavy atom. The normalized spacial score (nSPS) is 11.1. The van der Waals surface area contributed by atoms with Crippen molar-refractivity contribution >= 4 is 11.8 Å². The summed E-state index contributed by atoms with van der Waals surface area (Å²) in [6.45, 7) is 0. The fourth-order valence-electron chi connectivity index (χ4n) is 2.25. The molecule has 2 heterocycles. The van der Waals surface area contributed by atoms with E-state index in [4.69, 9.17) is 4.74 Å². The molecule has 1 N–H and O–H groups in total. The van der Waals surface area contributed by atoms with Crippen LogP contribution in [0.5, 0.6) is 11.8 Å². The summed E-state index contributed by atoms with van der Waals surface area (Å²) in [4.78, 5) is 25.9. The third kappa shape index (κ3) is 3.96. The number of nitrogens with one attached hydrogen (secondary N) is 1. The van der Waals surface area contributed by atoms with E-state index in [0.717, 1.165) is 24.0 Å². The van der Waals surface area contributed by atoms with Gasteiger partial charge in [0.2, 0.25) is 0 Å². The van der Waals surface area contributed by atoms with Gasteiger partial charge < -0.3 is 9.72 Å². The number of H-pyrrole nitrogens is 1. The Balaban J connectivity index is 2.11. The van der Waals surface area contributed by atoms with Crippen LogP contribution in [0.4, 0.5) is 13.2 Å². The average molecular weight is 405 g/mol. The van der Waals surface area contributed by atoms with Gasteiger partial charge in [0.1, 0.15) is 23.1 Å². The molecule has 7 nitrogen and oxygen atoms in total. The highest BCUT2D eigenvalue weighted by Gasteiger charge is 2.33. The van der Waals surface area contributed by atoms with E-state index in [-0.39, 0.29) is 27.7 Å². The number of thioether (sulfide) groups is 1. The third-order valence-corrected chi connectivity index (χ3v) is 4.05. The van der Waals surface area contributed by atoms with E-state index in [2.05, 4.69) is 19.9 Å². The smallest absolute Gasteiger partial charge is 0.424 e. The molecule has 2 aromatic heterocycles. The van der Waals surface area contributed by atoms with Crippen LogP contribution in [0.1, 0.15) is 11.3 Å². The summed E-state index contributed by atoms with van der Waals surface area (Å²) in [5.41, 5.74) is -1.77. The van der Waals surface area contributed by atoms with Crippen molar-refractivity contribution in [2.24, 2.45) is 0 Å². The highest BCUT2D eigenvalue weighted by Crippen LogP contribution is 2.34. The standard InChI is InChI=1S/C17H10F3N5O2S/c1-28-16-24-13(10(8-21)14(26)25-16)9-4-2-3-5-11(9)27-15-22-7-6-12(23-15)17(18,19)20/h2-7H,1H3,(H,24,25,26). The molecule has 0 bridgehead atoms. The van der Waals surface area contributed by atoms with Gasteiger partial charge in [-0.2, -0.15) is 23.4 Å². The van der Waals surface area contributed by atoms with Crippen LogP contribution in [-0.4, -0.2) is 26.2 Å². The second-order valence-electron chi connectivity index (χ2n) is 5.23. The molecule has 0 aliphatic heterocycles. The lowest BCUT2D eigenvalue weighted by Gasteiger charge is -2.12. The third-order valence-electron chi connectivity index (χ3n) is 3.47. The van der Waals surface area contributed by atoms with Crippen LogP contribution in [0.2, 0.25) is 0 Å². The minimum absolute atomic E-state index is 0.0400. The number of nitrogens with zero attached hydrogens (tertiary/aromatic N) is 4. The van der Waals surface area contributed by atoms with Crippen LogP contribution in [0, 0.1) is 11.3 Å². The van der Waals surface area contributed by atoms with E-state index in [1.165, 1.54) is 12.1 Å². The molecule has 11 heteroatoms. The molecular weight excluding hydrogens is 395 g/mol. The molecule has 0 fully saturated rings. The molecule has 3 aromatic rings. The Hall–Kier alpha value is -3.39. The van der Waals surface area contributed by atoms with E-state index >= 15 is 0 Å². The first-order valence-corrected chi connectivity index (χ1v) is 8.82. The molecule has 3 rings (SSSR count). The molecule has 0 aliphatic carbocycles. The molecule has 0 spiro atoms. The largest absolute Gasteiger partial charge is 0.433 e. The number of aromatic amines is 1. The summed E-state index contributed by atoms with van der Waals surface area (Å²) >= 11 is 1.16. The zero-order chi connectivity index (χ0) is 20.3. The van der Waals surface area contributed by atoms with Crippen molar-refractivity contribution in [1.82, 2.24) is 19.9 Å². The number of para-hydroxylation sites is 1. The number of benzene rings is 1. The molecule has 0 aliphatic rings. The number of halogens is 3. The summed E-state index contributed by atoms with van der Waals surface area (Å²) in [5.74, 6) is 0.0449. The summed E-state index contributed by atoms with van der Waals surface area (Å²) in [6, 6.07) is 8.12. The predicted molar refractivity (Wildman–Crippen MR) is 93.9 cm³/mol. The fraction of sp³-hybridized carbons (Fsp3) is 0.118. The maximum atomic E-state index is 12.8. The van der Waals surface area contributed by atoms with Gasteiger partial charge in [0.25, 0.3) is 5.56 Å². The Bertz CT molecular complexity index is 1120. The maximum Gasteiger partial charge on any atom is 0.433 e. The van der Waals surface area contributed by atoms with Gasteiger partial charge in [0, 0.05) is 11.8 Å². The predicted octanol–water partition coefficient (Wildman–Crippen LogP) is 3.63. The van der Waals surface area contributed by atoms with E-state index in [1.54, 1.807) is 24.5 Å². The Morgan fingerprint density at radius 3 is 2.64 bits per heavy atom. The van der Waals surface area contributed by atoms with Crippen LogP contribution < -0.4 is 10.3 Å². The summed E-state index contributed by atoms with van der Waals surface area (Å²) in [7, 11) is 0. The number of alkyl halides is 3. The molecule has 0 saturated heterocycles. The lowest BCUT2D eigenvalue weighted by Crippen LogP contribution is -2.15. The molecule has 142 valence electrons. The van der Waals surface area contributed by atoms with Crippen LogP contribution in [-0.2, 0) is 6.18 Å². The van der Waals surface area contributed by atoms with E-state index in [0.29, 0.717) is 0 Å². The fourth-order valence-corrected chi connectivity index (χ4v) is 2.62. The summed E-state index contributed by atoms with van der Waals surface area (Å²) in [5, 5.41) is 9.59. The van der Waals surface area contributed by atoms with Crippen LogP contribution in [0.15, 0.2) is 46.5 Å². The zero-order valence-corrected chi connectivity index (χ0v) is 14.9. The van der Waals surface area contributed by atoms with Crippen molar-refractivity contribution in [2.75, 3.05) is 6.26 Å². The van der Waals surface area contributed by atoms with Gasteiger partial charge in [0.05, 0.1) is 0 Å². The molecule has 0 saturated carbocycles. The number of nitriles is 1. The number of ether oxygens (including phenoxy) is 1. The molecule has 28 heavy (non-hydrogen) atoms. The van der Waals surface area contributed by atoms with Crippen molar-refractivity contribution in [3.05, 3.63) is 58.1 Å². The van der Waals surface area contributed by atoms with Crippen molar-refractivity contribution in [2.45, 2.75) is 11.3 Å². The van der Waals surface area contributed by atoms with Crippen molar-refractivity contribution in [1.29, 1.82) is 5.26 Å². The van der Waals surface area contributed by atoms with Crippen molar-refractivity contribution in [3.8, 4) is 29.1 Å². The second-order valence-corrected chi connectivity index (χ2v) is 6.03. The highest BCUT2D eigenvalue weighted by atomic mass is 32.2. The van der Waals surface area contributed by atoms with Crippen LogP contribution in [0.25, 0.3) is 11.3 Å². The zero-order valence-electron chi connectivity index (χ0n) is 14.1. The number of aromatic nitrogens is 4. The maximum absolute atomic E-state index is 12.8. The molecule has 0 atom stereocenters. The Morgan fingerprint density at radius 1 is 1.21 bits per heavy atom. The minimum atomic E-state index is -4.66. The monoisotopic (exact) mass is 405 g/mol. The first kappa shape index (κ1) is 19.4. The van der Waals surface area contributed by atoms with Crippen LogP contribution >= 0.6 is 11.8 Å². The van der Waals surface area contributed by atoms with Gasteiger partial charge in [-0.3, -0.25) is 4.79 Å². The highest BCUT2D eigenvalue weighted by molar-refractivity contribution is 7.98. The summed E-state index contributed by atoms with van der Waals surface area (Å²) in [6.07, 6.45) is -2.05. The first-order valence-electron chi connectivity index (χ1n) is 7.59. The molecule has 1 aromatic carbocycles. The first-order chi connectivity index (χ1) is 13.3. The van der Waals surface area contributed by atoms with E-state index in [1.807, 2.05) is 0 Å². The number of hydrogen-bond acceptors (Lipinski definition) is 7. The SMILES string of the molecule is CSc1nc(-c2ccccc2Oc2nccc(C(F)(F)F)n2)c(C#N)c(=O)[nH]1. The average Bonchev–Trinajstić information content (AvgIpc) is 2.67. The Labute approximate surface area is 160 Å². The topological polar surface area (TPSA) is 105 Å². The van der Waals surface area contributed by atoms with E-state index < -0.39 is 23.4 Å². The van der Waals surface area contributed by atoms with Crippen molar-refractivity contribution in [3.63, 3.8) is 0 Å². The number of rotatable bonds is 4. The number of hydrogen-bond donors (Lipinski definition) is 1. The van der Waals surface area contributed by atoms with Gasteiger partial charge in [-0.05, 0) is 24.5 Å². The molecule has 0 radical (unpaired) electrons.